The average molecular weight is 409 g/mol. The molecular weight excluding hydrogens is 386 g/mol. The molecular formula is C15H23NO8S2. The van der Waals surface area contributed by atoms with Crippen LogP contribution in [0.3, 0.4) is 0 Å². The van der Waals surface area contributed by atoms with E-state index in [0.29, 0.717) is 0 Å². The zero-order valence-electron chi connectivity index (χ0n) is 14.3. The number of hydrogen-bond donors (Lipinski definition) is 2. The number of alkyl carbamates (subject to hydrolysis) is 1. The molecule has 0 fully saturated rings. The van der Waals surface area contributed by atoms with Crippen molar-refractivity contribution in [3.63, 3.8) is 0 Å². The van der Waals surface area contributed by atoms with E-state index in [0.717, 1.165) is 11.8 Å². The molecule has 0 aliphatic carbocycles. The summed E-state index contributed by atoms with van der Waals surface area (Å²) in [6.07, 6.45) is 0.659. The SMILES string of the molecule is CS(=O)(=O)OCCC[C@H](CCS(=O)(=O)O)NC(=O)OCc1ccccc1. The van der Waals surface area contributed by atoms with Gasteiger partial charge in [0, 0.05) is 6.04 Å². The third-order valence-electron chi connectivity index (χ3n) is 3.25. The number of benzene rings is 1. The summed E-state index contributed by atoms with van der Waals surface area (Å²) in [6, 6.07) is 8.37. The summed E-state index contributed by atoms with van der Waals surface area (Å²) in [4.78, 5) is 11.9. The molecule has 0 spiro atoms. The first kappa shape index (κ1) is 22.4. The fourth-order valence-corrected chi connectivity index (χ4v) is 3.05. The second-order valence-corrected chi connectivity index (χ2v) is 8.86. The largest absolute Gasteiger partial charge is 0.445 e. The molecule has 2 N–H and O–H groups in total. The van der Waals surface area contributed by atoms with Crippen molar-refractivity contribution in [2.75, 3.05) is 18.6 Å². The number of hydrogen-bond acceptors (Lipinski definition) is 7. The number of nitrogens with one attached hydrogen (secondary N) is 1. The molecule has 1 atom stereocenters. The maximum Gasteiger partial charge on any atom is 0.407 e. The predicted molar refractivity (Wildman–Crippen MR) is 94.6 cm³/mol. The summed E-state index contributed by atoms with van der Waals surface area (Å²) >= 11 is 0. The van der Waals surface area contributed by atoms with Gasteiger partial charge in [-0.2, -0.15) is 16.8 Å². The molecule has 0 aromatic heterocycles. The van der Waals surface area contributed by atoms with E-state index in [2.05, 4.69) is 9.50 Å². The third kappa shape index (κ3) is 11.8. The second kappa shape index (κ2) is 10.5. The minimum absolute atomic E-state index is 0.0435. The Morgan fingerprint density at radius 2 is 1.81 bits per heavy atom. The summed E-state index contributed by atoms with van der Waals surface area (Å²) in [5.74, 6) is -0.538. The van der Waals surface area contributed by atoms with Gasteiger partial charge in [-0.1, -0.05) is 30.3 Å². The van der Waals surface area contributed by atoms with Gasteiger partial charge in [-0.05, 0) is 24.8 Å². The lowest BCUT2D eigenvalue weighted by atomic mass is 10.1. The van der Waals surface area contributed by atoms with E-state index in [1.165, 1.54) is 0 Å². The van der Waals surface area contributed by atoms with Crippen LogP contribution in [0.15, 0.2) is 30.3 Å². The van der Waals surface area contributed by atoms with Gasteiger partial charge in [-0.25, -0.2) is 4.79 Å². The molecule has 9 nitrogen and oxygen atoms in total. The number of amides is 1. The van der Waals surface area contributed by atoms with Crippen LogP contribution in [0.4, 0.5) is 4.79 Å². The lowest BCUT2D eigenvalue weighted by Crippen LogP contribution is -2.36. The van der Waals surface area contributed by atoms with E-state index in [4.69, 9.17) is 9.29 Å². The van der Waals surface area contributed by atoms with Gasteiger partial charge in [-0.3, -0.25) is 8.74 Å². The monoisotopic (exact) mass is 409 g/mol. The highest BCUT2D eigenvalue weighted by atomic mass is 32.2. The zero-order chi connectivity index (χ0) is 19.6. The van der Waals surface area contributed by atoms with Crippen LogP contribution in [0, 0.1) is 0 Å². The summed E-state index contributed by atoms with van der Waals surface area (Å²) in [7, 11) is -7.75. The van der Waals surface area contributed by atoms with Gasteiger partial charge < -0.3 is 10.1 Å². The summed E-state index contributed by atoms with van der Waals surface area (Å²) in [6.45, 7) is -0.0448. The van der Waals surface area contributed by atoms with Crippen molar-refractivity contribution < 1.29 is 35.1 Å². The Balaban J connectivity index is 2.49. The second-order valence-electron chi connectivity index (χ2n) is 5.65. The van der Waals surface area contributed by atoms with Crippen LogP contribution in [0.1, 0.15) is 24.8 Å². The van der Waals surface area contributed by atoms with Gasteiger partial charge >= 0.3 is 6.09 Å². The molecule has 0 bridgehead atoms. The van der Waals surface area contributed by atoms with Crippen molar-refractivity contribution in [3.05, 3.63) is 35.9 Å². The fourth-order valence-electron chi connectivity index (χ4n) is 2.05. The Bertz CT molecular complexity index is 762. The van der Waals surface area contributed by atoms with E-state index in [1.807, 2.05) is 6.07 Å². The molecule has 0 saturated carbocycles. The van der Waals surface area contributed by atoms with E-state index in [1.54, 1.807) is 24.3 Å². The number of rotatable bonds is 11. The van der Waals surface area contributed by atoms with Crippen LogP contribution in [0.2, 0.25) is 0 Å². The molecule has 0 unspecified atom stereocenters. The van der Waals surface area contributed by atoms with Gasteiger partial charge in [0.2, 0.25) is 0 Å². The Kier molecular flexibility index (Phi) is 8.99. The van der Waals surface area contributed by atoms with Crippen molar-refractivity contribution >= 4 is 26.3 Å². The molecule has 0 saturated heterocycles. The highest BCUT2D eigenvalue weighted by Crippen LogP contribution is 2.07. The highest BCUT2D eigenvalue weighted by Gasteiger charge is 2.17. The van der Waals surface area contributed by atoms with Crippen molar-refractivity contribution in [3.8, 4) is 0 Å². The van der Waals surface area contributed by atoms with Crippen LogP contribution >= 0.6 is 0 Å². The molecule has 148 valence electrons. The van der Waals surface area contributed by atoms with Gasteiger partial charge in [0.1, 0.15) is 6.61 Å². The maximum absolute atomic E-state index is 11.9. The minimum atomic E-state index is -4.18. The van der Waals surface area contributed by atoms with Crippen molar-refractivity contribution in [1.82, 2.24) is 5.32 Å². The quantitative estimate of drug-likeness (QED) is 0.317. The Morgan fingerprint density at radius 3 is 2.38 bits per heavy atom. The van der Waals surface area contributed by atoms with Crippen molar-refractivity contribution in [2.45, 2.75) is 31.9 Å². The molecule has 0 radical (unpaired) electrons. The molecule has 0 aliphatic heterocycles. The number of carbonyl (C=O) groups is 1. The number of ether oxygens (including phenoxy) is 1. The van der Waals surface area contributed by atoms with Crippen LogP contribution in [0.5, 0.6) is 0 Å². The molecule has 1 rings (SSSR count). The number of carbonyl (C=O) groups excluding carboxylic acids is 1. The average Bonchev–Trinajstić information content (AvgIpc) is 2.53. The van der Waals surface area contributed by atoms with Gasteiger partial charge in [0.25, 0.3) is 20.2 Å². The molecule has 26 heavy (non-hydrogen) atoms. The van der Waals surface area contributed by atoms with Crippen LogP contribution < -0.4 is 5.32 Å². The molecule has 1 aromatic carbocycles. The highest BCUT2D eigenvalue weighted by molar-refractivity contribution is 7.86. The van der Waals surface area contributed by atoms with Crippen LogP contribution in [-0.2, 0) is 35.8 Å². The molecule has 0 aliphatic rings. The van der Waals surface area contributed by atoms with Crippen molar-refractivity contribution in [2.24, 2.45) is 0 Å². The van der Waals surface area contributed by atoms with E-state index in [9.17, 15) is 21.6 Å². The summed E-state index contributed by atoms with van der Waals surface area (Å²) in [5.41, 5.74) is 0.790. The van der Waals surface area contributed by atoms with Gasteiger partial charge in [-0.15, -0.1) is 0 Å². The smallest absolute Gasteiger partial charge is 0.407 e. The van der Waals surface area contributed by atoms with Gasteiger partial charge in [0.15, 0.2) is 0 Å². The lowest BCUT2D eigenvalue weighted by molar-refractivity contribution is 0.134. The van der Waals surface area contributed by atoms with Crippen LogP contribution in [-0.4, -0.2) is 52.1 Å². The fraction of sp³-hybridized carbons (Fsp3) is 0.533. The van der Waals surface area contributed by atoms with E-state index < -0.39 is 38.1 Å². The zero-order valence-corrected chi connectivity index (χ0v) is 16.0. The van der Waals surface area contributed by atoms with Crippen LogP contribution in [0.25, 0.3) is 0 Å². The van der Waals surface area contributed by atoms with Crippen molar-refractivity contribution in [1.29, 1.82) is 0 Å². The molecule has 1 aromatic rings. The first-order valence-corrected chi connectivity index (χ1v) is 11.2. The molecule has 11 heteroatoms. The topological polar surface area (TPSA) is 136 Å². The molecule has 1 amide bonds. The summed E-state index contributed by atoms with van der Waals surface area (Å²) < 4.78 is 62.1. The van der Waals surface area contributed by atoms with E-state index in [-0.39, 0.29) is 32.5 Å². The first-order chi connectivity index (χ1) is 12.1. The standard InChI is InChI=1S/C15H23NO8S2/c1-25(18,19)24-10-5-8-14(9-11-26(20,21)22)16-15(17)23-12-13-6-3-2-4-7-13/h2-4,6-7,14H,5,8-12H2,1H3,(H,16,17)(H,20,21,22)/t14-/m1/s1. The first-order valence-electron chi connectivity index (χ1n) is 7.82. The predicted octanol–water partition coefficient (Wildman–Crippen LogP) is 1.32. The normalized spacial score (nSPS) is 13.2. The third-order valence-corrected chi connectivity index (χ3v) is 4.60. The lowest BCUT2D eigenvalue weighted by Gasteiger charge is -2.18. The Hall–Kier alpha value is -1.69. The molecule has 0 heterocycles. The van der Waals surface area contributed by atoms with Gasteiger partial charge in [0.05, 0.1) is 18.6 Å². The maximum atomic E-state index is 11.9. The Morgan fingerprint density at radius 1 is 1.15 bits per heavy atom. The Labute approximate surface area is 153 Å². The van der Waals surface area contributed by atoms with E-state index >= 15 is 0 Å². The summed E-state index contributed by atoms with van der Waals surface area (Å²) in [5, 5.41) is 2.52. The minimum Gasteiger partial charge on any atom is -0.445 e.